The molecule has 1 N–H and O–H groups in total. The summed E-state index contributed by atoms with van der Waals surface area (Å²) in [5.41, 5.74) is 0.942. The fourth-order valence-electron chi connectivity index (χ4n) is 2.55. The summed E-state index contributed by atoms with van der Waals surface area (Å²) in [5, 5.41) is 3.39. The first kappa shape index (κ1) is 20.8. The van der Waals surface area contributed by atoms with Crippen LogP contribution in [0.2, 0.25) is 5.02 Å². The second-order valence-electron chi connectivity index (χ2n) is 6.59. The lowest BCUT2D eigenvalue weighted by Gasteiger charge is -2.29. The largest absolute Gasteiger partial charge is 0.484 e. The van der Waals surface area contributed by atoms with Crippen molar-refractivity contribution < 1.29 is 14.3 Å². The molecule has 0 aliphatic rings. The van der Waals surface area contributed by atoms with Crippen molar-refractivity contribution in [2.75, 3.05) is 6.61 Å². The zero-order valence-corrected chi connectivity index (χ0v) is 16.6. The van der Waals surface area contributed by atoms with E-state index in [1.54, 1.807) is 31.2 Å². The lowest BCUT2D eigenvalue weighted by molar-refractivity contribution is -0.142. The van der Waals surface area contributed by atoms with Crippen LogP contribution in [0.15, 0.2) is 54.6 Å². The standard InChI is InChI=1S/C21H25ClN2O3/c1-15(2)23-21(26)16(3)24(13-17-8-5-4-6-9-17)20(25)14-27-19-11-7-10-18(22)12-19/h4-12,15-16H,13-14H2,1-3H3,(H,23,26)/t16-/m0/s1. The van der Waals surface area contributed by atoms with E-state index in [0.717, 1.165) is 5.56 Å². The summed E-state index contributed by atoms with van der Waals surface area (Å²) in [6.45, 7) is 5.64. The van der Waals surface area contributed by atoms with Crippen LogP contribution in [-0.2, 0) is 16.1 Å². The molecule has 0 fully saturated rings. The lowest BCUT2D eigenvalue weighted by Crippen LogP contribution is -2.50. The molecule has 2 rings (SSSR count). The molecule has 6 heteroatoms. The quantitative estimate of drug-likeness (QED) is 0.750. The number of hydrogen-bond donors (Lipinski definition) is 1. The molecule has 0 aromatic heterocycles. The number of nitrogens with zero attached hydrogens (tertiary/aromatic N) is 1. The first-order chi connectivity index (χ1) is 12.9. The highest BCUT2D eigenvalue weighted by molar-refractivity contribution is 6.30. The Morgan fingerprint density at radius 2 is 1.78 bits per heavy atom. The number of carbonyl (C=O) groups is 2. The number of nitrogens with one attached hydrogen (secondary N) is 1. The lowest BCUT2D eigenvalue weighted by atomic mass is 10.1. The Kier molecular flexibility index (Phi) is 7.67. The van der Waals surface area contributed by atoms with Crippen molar-refractivity contribution in [3.8, 4) is 5.75 Å². The fourth-order valence-corrected chi connectivity index (χ4v) is 2.73. The van der Waals surface area contributed by atoms with Crippen LogP contribution in [0.25, 0.3) is 0 Å². The van der Waals surface area contributed by atoms with Gasteiger partial charge in [-0.25, -0.2) is 0 Å². The number of ether oxygens (including phenoxy) is 1. The molecule has 0 radical (unpaired) electrons. The van der Waals surface area contributed by atoms with Gasteiger partial charge in [0.05, 0.1) is 0 Å². The van der Waals surface area contributed by atoms with Crippen molar-refractivity contribution in [1.29, 1.82) is 0 Å². The predicted molar refractivity (Wildman–Crippen MR) is 107 cm³/mol. The summed E-state index contributed by atoms with van der Waals surface area (Å²) < 4.78 is 5.57. The van der Waals surface area contributed by atoms with Crippen LogP contribution < -0.4 is 10.1 Å². The Bertz CT molecular complexity index is 765. The van der Waals surface area contributed by atoms with Crippen LogP contribution in [-0.4, -0.2) is 35.4 Å². The van der Waals surface area contributed by atoms with Gasteiger partial charge in [-0.2, -0.15) is 0 Å². The fraction of sp³-hybridized carbons (Fsp3) is 0.333. The van der Waals surface area contributed by atoms with Gasteiger partial charge in [0.1, 0.15) is 11.8 Å². The topological polar surface area (TPSA) is 58.6 Å². The zero-order chi connectivity index (χ0) is 19.8. The number of hydrogen-bond acceptors (Lipinski definition) is 3. The molecule has 0 aliphatic carbocycles. The van der Waals surface area contributed by atoms with Gasteiger partial charge in [0.2, 0.25) is 5.91 Å². The Hall–Kier alpha value is -2.53. The molecule has 144 valence electrons. The third kappa shape index (κ3) is 6.61. The van der Waals surface area contributed by atoms with Gasteiger partial charge in [-0.15, -0.1) is 0 Å². The number of rotatable bonds is 8. The van der Waals surface area contributed by atoms with E-state index < -0.39 is 6.04 Å². The van der Waals surface area contributed by atoms with Gasteiger partial charge in [0.25, 0.3) is 5.91 Å². The second kappa shape index (κ2) is 9.97. The van der Waals surface area contributed by atoms with Crippen molar-refractivity contribution >= 4 is 23.4 Å². The maximum Gasteiger partial charge on any atom is 0.261 e. The third-order valence-electron chi connectivity index (χ3n) is 3.95. The molecule has 1 atom stereocenters. The number of carbonyl (C=O) groups excluding carboxylic acids is 2. The Labute approximate surface area is 165 Å². The molecule has 0 heterocycles. The van der Waals surface area contributed by atoms with Crippen molar-refractivity contribution in [2.45, 2.75) is 39.4 Å². The van der Waals surface area contributed by atoms with E-state index in [4.69, 9.17) is 16.3 Å². The van der Waals surface area contributed by atoms with Crippen molar-refractivity contribution in [3.05, 3.63) is 65.2 Å². The summed E-state index contributed by atoms with van der Waals surface area (Å²) in [6.07, 6.45) is 0. The number of benzene rings is 2. The number of halogens is 1. The summed E-state index contributed by atoms with van der Waals surface area (Å²) in [5.74, 6) is 0.0390. The van der Waals surface area contributed by atoms with E-state index in [2.05, 4.69) is 5.32 Å². The molecular weight excluding hydrogens is 364 g/mol. The van der Waals surface area contributed by atoms with E-state index >= 15 is 0 Å². The minimum atomic E-state index is -0.622. The van der Waals surface area contributed by atoms with Crippen LogP contribution >= 0.6 is 11.6 Å². The van der Waals surface area contributed by atoms with Crippen LogP contribution in [0.5, 0.6) is 5.75 Å². The SMILES string of the molecule is CC(C)NC(=O)[C@H](C)N(Cc1ccccc1)C(=O)COc1cccc(Cl)c1. The Balaban J connectivity index is 2.11. The molecule has 0 saturated heterocycles. The van der Waals surface area contributed by atoms with Gasteiger partial charge in [0, 0.05) is 17.6 Å². The van der Waals surface area contributed by atoms with Crippen molar-refractivity contribution in [1.82, 2.24) is 10.2 Å². The van der Waals surface area contributed by atoms with E-state index in [1.165, 1.54) is 4.90 Å². The smallest absolute Gasteiger partial charge is 0.261 e. The summed E-state index contributed by atoms with van der Waals surface area (Å²) in [6, 6.07) is 15.8. The zero-order valence-electron chi connectivity index (χ0n) is 15.8. The molecule has 0 saturated carbocycles. The van der Waals surface area contributed by atoms with Gasteiger partial charge in [0.15, 0.2) is 6.61 Å². The molecule has 27 heavy (non-hydrogen) atoms. The van der Waals surface area contributed by atoms with Crippen molar-refractivity contribution in [2.24, 2.45) is 0 Å². The normalized spacial score (nSPS) is 11.7. The van der Waals surface area contributed by atoms with Gasteiger partial charge < -0.3 is 15.0 Å². The monoisotopic (exact) mass is 388 g/mol. The molecule has 0 spiro atoms. The summed E-state index contributed by atoms with van der Waals surface area (Å²) in [4.78, 5) is 26.8. The second-order valence-corrected chi connectivity index (χ2v) is 7.03. The van der Waals surface area contributed by atoms with Gasteiger partial charge in [-0.1, -0.05) is 48.0 Å². The first-order valence-corrected chi connectivity index (χ1v) is 9.26. The maximum absolute atomic E-state index is 12.8. The van der Waals surface area contributed by atoms with Gasteiger partial charge in [-0.05, 0) is 44.5 Å². The highest BCUT2D eigenvalue weighted by atomic mass is 35.5. The molecule has 2 aromatic carbocycles. The number of amides is 2. The first-order valence-electron chi connectivity index (χ1n) is 8.89. The van der Waals surface area contributed by atoms with Crippen molar-refractivity contribution in [3.63, 3.8) is 0 Å². The molecule has 0 aliphatic heterocycles. The molecule has 2 aromatic rings. The average molecular weight is 389 g/mol. The minimum absolute atomic E-state index is 0.00339. The van der Waals surface area contributed by atoms with E-state index in [9.17, 15) is 9.59 Å². The maximum atomic E-state index is 12.8. The van der Waals surface area contributed by atoms with Crippen LogP contribution in [0, 0.1) is 0 Å². The van der Waals surface area contributed by atoms with E-state index in [1.807, 2.05) is 44.2 Å². The summed E-state index contributed by atoms with van der Waals surface area (Å²) >= 11 is 5.94. The Morgan fingerprint density at radius 3 is 2.41 bits per heavy atom. The van der Waals surface area contributed by atoms with Crippen LogP contribution in [0.4, 0.5) is 0 Å². The molecular formula is C21H25ClN2O3. The molecule has 2 amide bonds. The highest BCUT2D eigenvalue weighted by Crippen LogP contribution is 2.17. The molecule has 0 unspecified atom stereocenters. The minimum Gasteiger partial charge on any atom is -0.484 e. The average Bonchev–Trinajstić information content (AvgIpc) is 2.64. The predicted octanol–water partition coefficient (Wildman–Crippen LogP) is 3.66. The van der Waals surface area contributed by atoms with Crippen LogP contribution in [0.3, 0.4) is 0 Å². The third-order valence-corrected chi connectivity index (χ3v) is 4.19. The van der Waals surface area contributed by atoms with E-state index in [-0.39, 0.29) is 24.5 Å². The van der Waals surface area contributed by atoms with Crippen LogP contribution in [0.1, 0.15) is 26.3 Å². The van der Waals surface area contributed by atoms with Gasteiger partial charge in [-0.3, -0.25) is 9.59 Å². The molecule has 5 nitrogen and oxygen atoms in total. The van der Waals surface area contributed by atoms with Gasteiger partial charge >= 0.3 is 0 Å². The highest BCUT2D eigenvalue weighted by Gasteiger charge is 2.26. The van der Waals surface area contributed by atoms with E-state index in [0.29, 0.717) is 17.3 Å². The summed E-state index contributed by atoms with van der Waals surface area (Å²) in [7, 11) is 0. The Morgan fingerprint density at radius 1 is 1.07 bits per heavy atom. The molecule has 0 bridgehead atoms.